The molecule has 3 rings (SSSR count). The number of hydrogen-bond donors (Lipinski definition) is 2. The number of nitrogens with one attached hydrogen (secondary N) is 2. The van der Waals surface area contributed by atoms with Crippen LogP contribution in [0.15, 0.2) is 24.3 Å². The Labute approximate surface area is 173 Å². The van der Waals surface area contributed by atoms with Crippen molar-refractivity contribution in [1.82, 2.24) is 14.9 Å². The molecule has 0 spiro atoms. The molecular weight excluding hydrogens is 364 g/mol. The molecule has 6 nitrogen and oxygen atoms in total. The second-order valence-corrected chi connectivity index (χ2v) is 9.83. The zero-order valence-electron chi connectivity index (χ0n) is 18.3. The number of carbonyl (C=O) groups is 2. The van der Waals surface area contributed by atoms with Crippen molar-refractivity contribution in [1.29, 1.82) is 0 Å². The van der Waals surface area contributed by atoms with Crippen LogP contribution >= 0.6 is 0 Å². The van der Waals surface area contributed by atoms with Crippen molar-refractivity contribution >= 4 is 17.5 Å². The fourth-order valence-corrected chi connectivity index (χ4v) is 3.54. The molecule has 2 amide bonds. The van der Waals surface area contributed by atoms with Gasteiger partial charge in [-0.3, -0.25) is 9.59 Å². The summed E-state index contributed by atoms with van der Waals surface area (Å²) in [5.41, 5.74) is 2.82. The highest BCUT2D eigenvalue weighted by Gasteiger charge is 2.29. The van der Waals surface area contributed by atoms with Crippen LogP contribution in [0.5, 0.6) is 0 Å². The maximum Gasteiger partial charge on any atom is 0.287 e. The number of nitrogens with zero attached hydrogens (tertiary/aromatic N) is 2. The van der Waals surface area contributed by atoms with Gasteiger partial charge in [0.2, 0.25) is 0 Å². The Hall–Kier alpha value is -2.63. The van der Waals surface area contributed by atoms with Gasteiger partial charge < -0.3 is 15.2 Å². The number of carbonyl (C=O) groups excluding carboxylic acids is 2. The molecule has 1 aliphatic rings. The smallest absolute Gasteiger partial charge is 0.287 e. The SMILES string of the molecule is CC(C)(C)NC(=O)c1nc(C(=O)Nc2ccc(C(C)(C)C)cc2)c2n1CCCC2. The van der Waals surface area contributed by atoms with Gasteiger partial charge in [0.05, 0.1) is 5.69 Å². The lowest BCUT2D eigenvalue weighted by Gasteiger charge is -2.22. The monoisotopic (exact) mass is 396 g/mol. The van der Waals surface area contributed by atoms with Crippen molar-refractivity contribution in [3.8, 4) is 0 Å². The highest BCUT2D eigenvalue weighted by Crippen LogP contribution is 2.25. The first-order chi connectivity index (χ1) is 13.5. The minimum absolute atomic E-state index is 0.0564. The molecule has 0 saturated carbocycles. The van der Waals surface area contributed by atoms with Crippen LogP contribution in [0.1, 0.15) is 86.7 Å². The van der Waals surface area contributed by atoms with E-state index in [1.54, 1.807) is 0 Å². The van der Waals surface area contributed by atoms with Crippen molar-refractivity contribution in [2.45, 2.75) is 78.3 Å². The minimum atomic E-state index is -0.366. The highest BCUT2D eigenvalue weighted by molar-refractivity contribution is 6.05. The molecule has 156 valence electrons. The molecule has 0 bridgehead atoms. The number of imidazole rings is 1. The Morgan fingerprint density at radius 2 is 1.62 bits per heavy atom. The summed E-state index contributed by atoms with van der Waals surface area (Å²) in [4.78, 5) is 30.2. The first-order valence-electron chi connectivity index (χ1n) is 10.3. The zero-order valence-corrected chi connectivity index (χ0v) is 18.3. The third-order valence-electron chi connectivity index (χ3n) is 5.03. The third-order valence-corrected chi connectivity index (χ3v) is 5.03. The van der Waals surface area contributed by atoms with Gasteiger partial charge in [0, 0.05) is 17.8 Å². The summed E-state index contributed by atoms with van der Waals surface area (Å²) in [6, 6.07) is 7.88. The molecule has 0 unspecified atom stereocenters. The van der Waals surface area contributed by atoms with E-state index in [1.165, 1.54) is 5.56 Å². The minimum Gasteiger partial charge on any atom is -0.345 e. The van der Waals surface area contributed by atoms with Gasteiger partial charge >= 0.3 is 0 Å². The highest BCUT2D eigenvalue weighted by atomic mass is 16.2. The zero-order chi connectivity index (χ0) is 21.4. The predicted molar refractivity (Wildman–Crippen MR) is 115 cm³/mol. The fourth-order valence-electron chi connectivity index (χ4n) is 3.54. The summed E-state index contributed by atoms with van der Waals surface area (Å²) in [6.45, 7) is 13.0. The quantitative estimate of drug-likeness (QED) is 0.812. The van der Waals surface area contributed by atoms with Gasteiger partial charge in [0.25, 0.3) is 11.8 Å². The normalized spacial score (nSPS) is 14.3. The van der Waals surface area contributed by atoms with Gasteiger partial charge in [-0.2, -0.15) is 0 Å². The van der Waals surface area contributed by atoms with E-state index in [1.807, 2.05) is 49.6 Å². The van der Waals surface area contributed by atoms with Gasteiger partial charge in [-0.15, -0.1) is 0 Å². The van der Waals surface area contributed by atoms with Gasteiger partial charge in [0.15, 0.2) is 11.5 Å². The standard InChI is InChI=1S/C23H32N4O2/c1-22(2,3)15-10-12-16(13-11-15)24-20(28)18-17-9-7-8-14-27(17)19(25-18)21(29)26-23(4,5)6/h10-13H,7-9,14H2,1-6H3,(H,24,28)(H,26,29). The molecule has 0 aliphatic carbocycles. The van der Waals surface area contributed by atoms with E-state index >= 15 is 0 Å². The van der Waals surface area contributed by atoms with Crippen LogP contribution in [0.25, 0.3) is 0 Å². The van der Waals surface area contributed by atoms with Crippen LogP contribution in [0, 0.1) is 0 Å². The van der Waals surface area contributed by atoms with Crippen molar-refractivity contribution in [3.63, 3.8) is 0 Å². The lowest BCUT2D eigenvalue weighted by Crippen LogP contribution is -2.42. The third kappa shape index (κ3) is 4.86. The molecule has 2 N–H and O–H groups in total. The number of rotatable bonds is 3. The molecule has 0 fully saturated rings. The van der Waals surface area contributed by atoms with Crippen LogP contribution in [0.3, 0.4) is 0 Å². The van der Waals surface area contributed by atoms with E-state index in [0.29, 0.717) is 18.1 Å². The lowest BCUT2D eigenvalue weighted by atomic mass is 9.87. The Kier molecular flexibility index (Phi) is 5.57. The Bertz CT molecular complexity index is 912. The molecule has 2 aromatic rings. The summed E-state index contributed by atoms with van der Waals surface area (Å²) in [6.07, 6.45) is 2.72. The van der Waals surface area contributed by atoms with Crippen LogP contribution in [0.4, 0.5) is 5.69 Å². The Balaban J connectivity index is 1.86. The van der Waals surface area contributed by atoms with E-state index < -0.39 is 0 Å². The Morgan fingerprint density at radius 1 is 0.966 bits per heavy atom. The first kappa shape index (κ1) is 21.1. The molecule has 6 heteroatoms. The van der Waals surface area contributed by atoms with Crippen LogP contribution in [-0.2, 0) is 18.4 Å². The van der Waals surface area contributed by atoms with Gasteiger partial charge in [-0.25, -0.2) is 4.98 Å². The average molecular weight is 397 g/mol. The number of amides is 2. The topological polar surface area (TPSA) is 76.0 Å². The summed E-state index contributed by atoms with van der Waals surface area (Å²) in [5, 5.41) is 5.89. The summed E-state index contributed by atoms with van der Waals surface area (Å²) in [5.74, 6) is -0.189. The molecule has 29 heavy (non-hydrogen) atoms. The number of hydrogen-bond acceptors (Lipinski definition) is 3. The molecule has 0 saturated heterocycles. The largest absolute Gasteiger partial charge is 0.345 e. The van der Waals surface area contributed by atoms with Crippen molar-refractivity contribution in [3.05, 3.63) is 47.0 Å². The van der Waals surface area contributed by atoms with E-state index in [4.69, 9.17) is 0 Å². The molecule has 1 aliphatic heterocycles. The van der Waals surface area contributed by atoms with E-state index in [2.05, 4.69) is 36.4 Å². The van der Waals surface area contributed by atoms with E-state index in [0.717, 1.165) is 30.6 Å². The molecule has 1 aromatic heterocycles. The second-order valence-electron chi connectivity index (χ2n) is 9.83. The fraction of sp³-hybridized carbons (Fsp3) is 0.522. The van der Waals surface area contributed by atoms with Crippen molar-refractivity contribution < 1.29 is 9.59 Å². The van der Waals surface area contributed by atoms with Crippen LogP contribution in [-0.4, -0.2) is 26.9 Å². The summed E-state index contributed by atoms with van der Waals surface area (Å²) in [7, 11) is 0. The maximum atomic E-state index is 13.0. The number of benzene rings is 1. The molecule has 1 aromatic carbocycles. The number of fused-ring (bicyclic) bond motifs is 1. The maximum absolute atomic E-state index is 13.0. The van der Waals surface area contributed by atoms with Crippen molar-refractivity contribution in [2.75, 3.05) is 5.32 Å². The first-order valence-corrected chi connectivity index (χ1v) is 10.3. The molecule has 0 radical (unpaired) electrons. The molecule has 2 heterocycles. The van der Waals surface area contributed by atoms with E-state index in [-0.39, 0.29) is 22.8 Å². The summed E-state index contributed by atoms with van der Waals surface area (Å²) < 4.78 is 1.90. The van der Waals surface area contributed by atoms with Gasteiger partial charge in [-0.1, -0.05) is 32.9 Å². The van der Waals surface area contributed by atoms with E-state index in [9.17, 15) is 9.59 Å². The lowest BCUT2D eigenvalue weighted by molar-refractivity contribution is 0.0903. The number of aromatic nitrogens is 2. The Morgan fingerprint density at radius 3 is 2.21 bits per heavy atom. The van der Waals surface area contributed by atoms with Gasteiger partial charge in [-0.05, 0) is 63.1 Å². The molecule has 0 atom stereocenters. The van der Waals surface area contributed by atoms with Gasteiger partial charge in [0.1, 0.15) is 0 Å². The average Bonchev–Trinajstić information content (AvgIpc) is 3.00. The van der Waals surface area contributed by atoms with Crippen LogP contribution < -0.4 is 10.6 Å². The predicted octanol–water partition coefficient (Wildman–Crippen LogP) is 4.30. The van der Waals surface area contributed by atoms with Crippen LogP contribution in [0.2, 0.25) is 0 Å². The summed E-state index contributed by atoms with van der Waals surface area (Å²) >= 11 is 0. The second kappa shape index (κ2) is 7.65. The molecular formula is C23H32N4O2. The van der Waals surface area contributed by atoms with Crippen molar-refractivity contribution in [2.24, 2.45) is 0 Å². The number of anilines is 1.